The molecule has 0 N–H and O–H groups in total. The first-order chi connectivity index (χ1) is 15.5. The van der Waals surface area contributed by atoms with Crippen molar-refractivity contribution in [1.82, 2.24) is 0 Å². The molecule has 0 aliphatic heterocycles. The highest BCUT2D eigenvalue weighted by Crippen LogP contribution is 2.55. The van der Waals surface area contributed by atoms with E-state index in [2.05, 4.69) is 41.5 Å². The molecule has 0 aliphatic rings. The summed E-state index contributed by atoms with van der Waals surface area (Å²) in [6, 6.07) is 0. The van der Waals surface area contributed by atoms with Crippen molar-refractivity contribution in [1.29, 1.82) is 0 Å². The van der Waals surface area contributed by atoms with Gasteiger partial charge in [-0.3, -0.25) is 13.6 Å². The Kier molecular flexibility index (Phi) is 21.7. The maximum atomic E-state index is 13.9. The molecule has 4 nitrogen and oxygen atoms in total. The highest BCUT2D eigenvalue weighted by molar-refractivity contribution is 7.48. The van der Waals surface area contributed by atoms with Gasteiger partial charge in [-0.1, -0.05) is 119 Å². The van der Waals surface area contributed by atoms with E-state index in [0.717, 1.165) is 57.8 Å². The maximum absolute atomic E-state index is 13.9. The van der Waals surface area contributed by atoms with Gasteiger partial charge in [0, 0.05) is 0 Å². The summed E-state index contributed by atoms with van der Waals surface area (Å²) in [6.07, 6.45) is 19.4. The smallest absolute Gasteiger partial charge is 0.284 e. The summed E-state index contributed by atoms with van der Waals surface area (Å²) in [5, 5.41) is 0. The summed E-state index contributed by atoms with van der Waals surface area (Å²) in [5.74, 6) is 0. The van der Waals surface area contributed by atoms with E-state index in [1.807, 2.05) is 0 Å². The zero-order chi connectivity index (χ0) is 24.1. The van der Waals surface area contributed by atoms with Gasteiger partial charge in [-0.15, -0.1) is 0 Å². The molecule has 0 saturated carbocycles. The Morgan fingerprint density at radius 3 is 0.969 bits per heavy atom. The number of rotatable bonds is 24. The van der Waals surface area contributed by atoms with Crippen molar-refractivity contribution in [2.75, 3.05) is 0 Å². The lowest BCUT2D eigenvalue weighted by Gasteiger charge is -2.29. The molecular formula is C27H57O4P. The molecule has 0 fully saturated rings. The Bertz CT molecular complexity index is 382. The molecule has 0 heterocycles. The van der Waals surface area contributed by atoms with E-state index in [0.29, 0.717) is 0 Å². The van der Waals surface area contributed by atoms with E-state index in [4.69, 9.17) is 13.6 Å². The van der Waals surface area contributed by atoms with Crippen LogP contribution in [-0.4, -0.2) is 18.3 Å². The molecule has 0 spiro atoms. The van der Waals surface area contributed by atoms with E-state index in [1.54, 1.807) is 0 Å². The van der Waals surface area contributed by atoms with Gasteiger partial charge in [0.1, 0.15) is 0 Å². The van der Waals surface area contributed by atoms with Crippen LogP contribution in [0.15, 0.2) is 0 Å². The third-order valence-electron chi connectivity index (χ3n) is 6.34. The van der Waals surface area contributed by atoms with Crippen LogP contribution in [0.5, 0.6) is 0 Å². The van der Waals surface area contributed by atoms with Crippen molar-refractivity contribution in [2.24, 2.45) is 0 Å². The average molecular weight is 477 g/mol. The lowest BCUT2D eigenvalue weighted by Crippen LogP contribution is -2.21. The molecule has 0 aromatic rings. The predicted molar refractivity (Wildman–Crippen MR) is 139 cm³/mol. The molecule has 0 aliphatic carbocycles. The zero-order valence-corrected chi connectivity index (χ0v) is 23.4. The Balaban J connectivity index is 5.14. The number of hydrogen-bond donors (Lipinski definition) is 0. The third kappa shape index (κ3) is 16.7. The lowest BCUT2D eigenvalue weighted by atomic mass is 10.1. The molecule has 3 atom stereocenters. The number of phosphoric ester groups is 1. The minimum Gasteiger partial charge on any atom is -0.284 e. The average Bonchev–Trinajstić information content (AvgIpc) is 2.80. The molecule has 0 rings (SSSR count). The Morgan fingerprint density at radius 1 is 0.469 bits per heavy atom. The van der Waals surface area contributed by atoms with Crippen molar-refractivity contribution in [3.05, 3.63) is 0 Å². The molecular weight excluding hydrogens is 419 g/mol. The van der Waals surface area contributed by atoms with E-state index >= 15 is 0 Å². The summed E-state index contributed by atoms with van der Waals surface area (Å²) in [7, 11) is -3.60. The first kappa shape index (κ1) is 32.1. The predicted octanol–water partition coefficient (Wildman–Crippen LogP) is 10.4. The monoisotopic (exact) mass is 476 g/mol. The molecule has 0 aromatic carbocycles. The van der Waals surface area contributed by atoms with Gasteiger partial charge in [0.25, 0.3) is 0 Å². The van der Waals surface area contributed by atoms with Crippen molar-refractivity contribution >= 4 is 7.82 Å². The zero-order valence-electron chi connectivity index (χ0n) is 22.5. The fraction of sp³-hybridized carbons (Fsp3) is 1.00. The van der Waals surface area contributed by atoms with E-state index in [9.17, 15) is 4.57 Å². The Hall–Kier alpha value is 0.110. The van der Waals surface area contributed by atoms with Crippen LogP contribution < -0.4 is 0 Å². The van der Waals surface area contributed by atoms with Crippen LogP contribution in [0.4, 0.5) is 0 Å². The largest absolute Gasteiger partial charge is 0.475 e. The van der Waals surface area contributed by atoms with Crippen LogP contribution in [0.1, 0.15) is 157 Å². The highest BCUT2D eigenvalue weighted by Gasteiger charge is 2.35. The minimum atomic E-state index is -3.60. The van der Waals surface area contributed by atoms with Crippen LogP contribution in [0.25, 0.3) is 0 Å². The molecule has 0 aromatic heterocycles. The first-order valence-corrected chi connectivity index (χ1v) is 15.6. The summed E-state index contributed by atoms with van der Waals surface area (Å²) in [4.78, 5) is 0. The van der Waals surface area contributed by atoms with Gasteiger partial charge in [-0.25, -0.2) is 4.57 Å². The van der Waals surface area contributed by atoms with Crippen LogP contribution >= 0.6 is 7.82 Å². The van der Waals surface area contributed by atoms with E-state index < -0.39 is 7.82 Å². The van der Waals surface area contributed by atoms with Gasteiger partial charge in [0.2, 0.25) is 0 Å². The van der Waals surface area contributed by atoms with Crippen molar-refractivity contribution < 1.29 is 18.1 Å². The SMILES string of the molecule is CCCCCCC(CC)OP(=O)(OC(CC)CCCCCC)OC(CC)CCCCCC. The topological polar surface area (TPSA) is 44.8 Å². The molecule has 32 heavy (non-hydrogen) atoms. The van der Waals surface area contributed by atoms with Crippen molar-refractivity contribution in [3.63, 3.8) is 0 Å². The van der Waals surface area contributed by atoms with Gasteiger partial charge in [0.05, 0.1) is 18.3 Å². The van der Waals surface area contributed by atoms with Gasteiger partial charge < -0.3 is 0 Å². The van der Waals surface area contributed by atoms with Gasteiger partial charge in [0.15, 0.2) is 0 Å². The van der Waals surface area contributed by atoms with Gasteiger partial charge in [-0.05, 0) is 38.5 Å². The Morgan fingerprint density at radius 2 is 0.750 bits per heavy atom. The minimum absolute atomic E-state index is 0.0621. The second-order valence-corrected chi connectivity index (χ2v) is 10.9. The number of unbranched alkanes of at least 4 members (excludes halogenated alkanes) is 9. The Labute approximate surface area is 201 Å². The summed E-state index contributed by atoms with van der Waals surface area (Å²) < 4.78 is 32.5. The van der Waals surface area contributed by atoms with Crippen LogP contribution in [0.3, 0.4) is 0 Å². The molecule has 194 valence electrons. The normalized spacial score (nSPS) is 16.6. The fourth-order valence-corrected chi connectivity index (χ4v) is 6.02. The summed E-state index contributed by atoms with van der Waals surface area (Å²) in [5.41, 5.74) is 0. The summed E-state index contributed by atoms with van der Waals surface area (Å²) in [6.45, 7) is 13.0. The number of phosphoric acid groups is 1. The second kappa shape index (κ2) is 21.6. The second-order valence-electron chi connectivity index (χ2n) is 9.40. The molecule has 0 saturated heterocycles. The quantitative estimate of drug-likeness (QED) is 0.103. The van der Waals surface area contributed by atoms with E-state index in [-0.39, 0.29) is 18.3 Å². The summed E-state index contributed by atoms with van der Waals surface area (Å²) >= 11 is 0. The van der Waals surface area contributed by atoms with Gasteiger partial charge in [-0.2, -0.15) is 0 Å². The molecule has 5 heteroatoms. The standard InChI is InChI=1S/C27H57O4P/c1-7-13-16-19-22-25(10-4)29-32(28,30-26(11-5)23-20-17-14-8-2)31-27(12-6)24-21-18-15-9-3/h25-27H,7-24H2,1-6H3. The maximum Gasteiger partial charge on any atom is 0.475 e. The van der Waals surface area contributed by atoms with Crippen LogP contribution in [-0.2, 0) is 18.1 Å². The molecule has 0 amide bonds. The van der Waals surface area contributed by atoms with Crippen LogP contribution in [0, 0.1) is 0 Å². The van der Waals surface area contributed by atoms with Crippen molar-refractivity contribution in [2.45, 2.75) is 175 Å². The van der Waals surface area contributed by atoms with Gasteiger partial charge >= 0.3 is 7.82 Å². The number of hydrogen-bond acceptors (Lipinski definition) is 4. The molecule has 3 unspecified atom stereocenters. The van der Waals surface area contributed by atoms with E-state index in [1.165, 1.54) is 57.8 Å². The van der Waals surface area contributed by atoms with Crippen LogP contribution in [0.2, 0.25) is 0 Å². The fourth-order valence-electron chi connectivity index (χ4n) is 4.01. The highest BCUT2D eigenvalue weighted by atomic mass is 31.2. The first-order valence-electron chi connectivity index (χ1n) is 14.1. The molecule has 0 radical (unpaired) electrons. The molecule has 0 bridgehead atoms. The van der Waals surface area contributed by atoms with Crippen molar-refractivity contribution in [3.8, 4) is 0 Å². The third-order valence-corrected chi connectivity index (χ3v) is 8.01. The lowest BCUT2D eigenvalue weighted by molar-refractivity contribution is 0.0204.